The molecule has 0 aromatic carbocycles. The zero-order valence-corrected chi connectivity index (χ0v) is 12.0. The van der Waals surface area contributed by atoms with E-state index in [1.54, 1.807) is 0 Å². The third kappa shape index (κ3) is 5.92. The van der Waals surface area contributed by atoms with Crippen LogP contribution in [-0.4, -0.2) is 37.4 Å². The average molecular weight is 272 g/mol. The molecule has 1 rings (SSSR count). The summed E-state index contributed by atoms with van der Waals surface area (Å²) in [7, 11) is 0. The molecule has 6 nitrogen and oxygen atoms in total. The van der Waals surface area contributed by atoms with Gasteiger partial charge in [-0.3, -0.25) is 4.84 Å². The highest BCUT2D eigenvalue weighted by Crippen LogP contribution is 2.16. The number of nitrogens with zero attached hydrogens (tertiary/aromatic N) is 1. The van der Waals surface area contributed by atoms with Gasteiger partial charge in [-0.05, 0) is 24.9 Å². The van der Waals surface area contributed by atoms with Crippen LogP contribution in [0.4, 0.5) is 4.79 Å². The predicted molar refractivity (Wildman–Crippen MR) is 72.0 cm³/mol. The Morgan fingerprint density at radius 2 is 2.26 bits per heavy atom. The molecule has 1 heterocycles. The molecule has 0 aromatic heterocycles. The molecule has 2 unspecified atom stereocenters. The Morgan fingerprint density at radius 1 is 1.47 bits per heavy atom. The van der Waals surface area contributed by atoms with Crippen LogP contribution in [0, 0.1) is 0 Å². The van der Waals surface area contributed by atoms with Crippen molar-refractivity contribution in [2.75, 3.05) is 13.2 Å². The zero-order valence-electron chi connectivity index (χ0n) is 12.0. The highest BCUT2D eigenvalue weighted by atomic mass is 16.7. The normalized spacial score (nSPS) is 24.9. The number of nitrogens with one attached hydrogen (secondary N) is 1. The highest BCUT2D eigenvalue weighted by Gasteiger charge is 2.26. The third-order valence-electron chi connectivity index (χ3n) is 2.88. The Hall–Kier alpha value is -1.30. The number of unbranched alkanes of at least 4 members (excludes halogenated alkanes) is 1. The molecule has 1 fully saturated rings. The van der Waals surface area contributed by atoms with Crippen LogP contribution in [0.3, 0.4) is 0 Å². The molecule has 1 saturated heterocycles. The standard InChI is InChI=1S/C13H24N2O4/c1-4-6-8-14-13(16)19-15-12-9-17-10(3)11(18-12)7-5-2/h10-11H,4-9H2,1-3H3,(H,14,16). The number of hydrogen-bond acceptors (Lipinski definition) is 5. The topological polar surface area (TPSA) is 69.2 Å². The van der Waals surface area contributed by atoms with Gasteiger partial charge in [-0.1, -0.05) is 26.7 Å². The van der Waals surface area contributed by atoms with Gasteiger partial charge in [-0.25, -0.2) is 4.79 Å². The van der Waals surface area contributed by atoms with Gasteiger partial charge < -0.3 is 14.8 Å². The fraction of sp³-hybridized carbons (Fsp3) is 0.846. The van der Waals surface area contributed by atoms with Gasteiger partial charge >= 0.3 is 6.09 Å². The van der Waals surface area contributed by atoms with Crippen molar-refractivity contribution < 1.29 is 19.1 Å². The Bertz CT molecular complexity index is 307. The second-order valence-electron chi connectivity index (χ2n) is 4.61. The van der Waals surface area contributed by atoms with Crippen LogP contribution in [0.2, 0.25) is 0 Å². The molecule has 110 valence electrons. The quantitative estimate of drug-likeness (QED) is 0.458. The molecule has 1 N–H and O–H groups in total. The maximum atomic E-state index is 11.3. The number of oxime groups is 1. The van der Waals surface area contributed by atoms with E-state index >= 15 is 0 Å². The summed E-state index contributed by atoms with van der Waals surface area (Å²) in [5.74, 6) is 0.321. The van der Waals surface area contributed by atoms with E-state index in [1.165, 1.54) is 0 Å². The molecular weight excluding hydrogens is 248 g/mol. The minimum absolute atomic E-state index is 0.0238. The largest absolute Gasteiger partial charge is 0.471 e. The van der Waals surface area contributed by atoms with E-state index < -0.39 is 6.09 Å². The minimum Gasteiger partial charge on any atom is -0.471 e. The summed E-state index contributed by atoms with van der Waals surface area (Å²) >= 11 is 0. The summed E-state index contributed by atoms with van der Waals surface area (Å²) in [5.41, 5.74) is 0. The summed E-state index contributed by atoms with van der Waals surface area (Å²) in [6.45, 7) is 6.93. The molecule has 0 spiro atoms. The molecule has 0 saturated carbocycles. The molecule has 2 atom stereocenters. The van der Waals surface area contributed by atoms with Gasteiger partial charge in [0.1, 0.15) is 12.7 Å². The number of ether oxygens (including phenoxy) is 2. The Labute approximate surface area is 114 Å². The van der Waals surface area contributed by atoms with Crippen LogP contribution in [0.5, 0.6) is 0 Å². The van der Waals surface area contributed by atoms with Gasteiger partial charge in [0.15, 0.2) is 0 Å². The Morgan fingerprint density at radius 3 is 2.95 bits per heavy atom. The van der Waals surface area contributed by atoms with Crippen LogP contribution in [0.1, 0.15) is 46.5 Å². The molecule has 6 heteroatoms. The molecule has 0 aromatic rings. The van der Waals surface area contributed by atoms with E-state index in [0.29, 0.717) is 12.4 Å². The molecule has 0 bridgehead atoms. The minimum atomic E-state index is -0.560. The van der Waals surface area contributed by atoms with Crippen molar-refractivity contribution in [2.24, 2.45) is 5.16 Å². The Kier molecular flexibility index (Phi) is 7.25. The van der Waals surface area contributed by atoms with Crippen molar-refractivity contribution in [1.29, 1.82) is 0 Å². The summed E-state index contributed by atoms with van der Waals surface area (Å²) in [6, 6.07) is 0. The van der Waals surface area contributed by atoms with Crippen LogP contribution in [0.15, 0.2) is 5.16 Å². The average Bonchev–Trinajstić information content (AvgIpc) is 2.40. The smallest absolute Gasteiger partial charge is 0.433 e. The van der Waals surface area contributed by atoms with Crippen molar-refractivity contribution in [3.63, 3.8) is 0 Å². The first-order valence-electron chi connectivity index (χ1n) is 6.97. The van der Waals surface area contributed by atoms with Crippen molar-refractivity contribution in [2.45, 2.75) is 58.7 Å². The lowest BCUT2D eigenvalue weighted by atomic mass is 10.1. The molecule has 19 heavy (non-hydrogen) atoms. The van der Waals surface area contributed by atoms with E-state index in [4.69, 9.17) is 14.3 Å². The van der Waals surface area contributed by atoms with Crippen LogP contribution in [0.25, 0.3) is 0 Å². The van der Waals surface area contributed by atoms with Crippen molar-refractivity contribution in [3.05, 3.63) is 0 Å². The highest BCUT2D eigenvalue weighted by molar-refractivity contribution is 5.78. The molecule has 1 aliphatic heterocycles. The third-order valence-corrected chi connectivity index (χ3v) is 2.88. The van der Waals surface area contributed by atoms with Gasteiger partial charge in [-0.2, -0.15) is 0 Å². The van der Waals surface area contributed by atoms with Crippen LogP contribution < -0.4 is 5.32 Å². The maximum absolute atomic E-state index is 11.3. The molecule has 1 amide bonds. The summed E-state index contributed by atoms with van der Waals surface area (Å²) in [5, 5.41) is 6.29. The summed E-state index contributed by atoms with van der Waals surface area (Å²) in [6.07, 6.45) is 3.29. The second kappa shape index (κ2) is 8.74. The summed E-state index contributed by atoms with van der Waals surface area (Å²) in [4.78, 5) is 16.0. The van der Waals surface area contributed by atoms with E-state index in [-0.39, 0.29) is 18.8 Å². The first kappa shape index (κ1) is 15.8. The first-order chi connectivity index (χ1) is 9.17. The molecule has 0 aliphatic carbocycles. The SMILES string of the molecule is CCCCNC(=O)ON=C1COC(C)C(CCC)O1. The van der Waals surface area contributed by atoms with Crippen molar-refractivity contribution in [1.82, 2.24) is 5.32 Å². The van der Waals surface area contributed by atoms with Gasteiger partial charge in [0.2, 0.25) is 0 Å². The zero-order chi connectivity index (χ0) is 14.1. The number of carbonyl (C=O) groups excluding carboxylic acids is 1. The molecular formula is C13H24N2O4. The van der Waals surface area contributed by atoms with Crippen molar-refractivity contribution in [3.8, 4) is 0 Å². The van der Waals surface area contributed by atoms with Crippen LogP contribution in [-0.2, 0) is 14.3 Å². The fourth-order valence-corrected chi connectivity index (χ4v) is 1.73. The van der Waals surface area contributed by atoms with E-state index in [1.807, 2.05) is 6.92 Å². The second-order valence-corrected chi connectivity index (χ2v) is 4.61. The van der Waals surface area contributed by atoms with E-state index in [0.717, 1.165) is 25.7 Å². The fourth-order valence-electron chi connectivity index (χ4n) is 1.73. The lowest BCUT2D eigenvalue weighted by molar-refractivity contribution is -0.0531. The van der Waals surface area contributed by atoms with Gasteiger partial charge in [0.25, 0.3) is 5.90 Å². The van der Waals surface area contributed by atoms with E-state index in [9.17, 15) is 4.79 Å². The van der Waals surface area contributed by atoms with Gasteiger partial charge in [0.05, 0.1) is 6.10 Å². The number of hydrogen-bond donors (Lipinski definition) is 1. The van der Waals surface area contributed by atoms with E-state index in [2.05, 4.69) is 24.3 Å². The maximum Gasteiger partial charge on any atom is 0.433 e. The molecule has 1 aliphatic rings. The van der Waals surface area contributed by atoms with Gasteiger partial charge in [0, 0.05) is 6.54 Å². The predicted octanol–water partition coefficient (Wildman–Crippen LogP) is 2.43. The van der Waals surface area contributed by atoms with Crippen molar-refractivity contribution >= 4 is 12.0 Å². The monoisotopic (exact) mass is 272 g/mol. The number of carbonyl (C=O) groups is 1. The Balaban J connectivity index is 2.34. The molecule has 0 radical (unpaired) electrons. The first-order valence-corrected chi connectivity index (χ1v) is 6.97. The number of rotatable bonds is 6. The van der Waals surface area contributed by atoms with Crippen LogP contribution >= 0.6 is 0 Å². The van der Waals surface area contributed by atoms with Gasteiger partial charge in [-0.15, -0.1) is 0 Å². The summed E-state index contributed by atoms with van der Waals surface area (Å²) < 4.78 is 11.2. The lowest BCUT2D eigenvalue weighted by Crippen LogP contribution is -2.39. The lowest BCUT2D eigenvalue weighted by Gasteiger charge is -2.30. The number of amides is 1.